The number of nitrogens with one attached hydrogen (secondary N) is 2. The minimum absolute atomic E-state index is 0.0417. The van der Waals surface area contributed by atoms with Crippen molar-refractivity contribution < 1.29 is 29.7 Å². The number of hydrogen-bond acceptors (Lipinski definition) is 7. The summed E-state index contributed by atoms with van der Waals surface area (Å²) in [5.41, 5.74) is 5.21. The fourth-order valence-electron chi connectivity index (χ4n) is 2.67. The monoisotopic (exact) mass is 406 g/mol. The molecule has 0 amide bonds. The highest BCUT2D eigenvalue weighted by molar-refractivity contribution is 5.73. The lowest BCUT2D eigenvalue weighted by Crippen LogP contribution is -2.41. The molecule has 10 heteroatoms. The normalized spacial score (nSPS) is 15.6. The van der Waals surface area contributed by atoms with E-state index in [9.17, 15) is 14.4 Å². The number of rotatable bonds is 10. The Bertz CT molecular complexity index is 444. The third-order valence-corrected chi connectivity index (χ3v) is 4.54. The molecule has 2 atom stereocenters. The summed E-state index contributed by atoms with van der Waals surface area (Å²) in [6.45, 7) is 2.34. The maximum atomic E-state index is 10.7. The Labute approximate surface area is 167 Å². The van der Waals surface area contributed by atoms with Gasteiger partial charge in [0.25, 0.3) is 0 Å². The summed E-state index contributed by atoms with van der Waals surface area (Å²) in [5, 5.41) is 30.3. The van der Waals surface area contributed by atoms with Gasteiger partial charge >= 0.3 is 17.9 Å². The van der Waals surface area contributed by atoms with Gasteiger partial charge in [0, 0.05) is 6.04 Å². The average Bonchev–Trinajstić information content (AvgIpc) is 3.16. The minimum atomic E-state index is -0.822. The molecule has 0 aromatic rings. The van der Waals surface area contributed by atoms with Gasteiger partial charge in [-0.1, -0.05) is 12.8 Å². The zero-order valence-corrected chi connectivity index (χ0v) is 17.5. The number of aliphatic carboxylic acids is 3. The lowest BCUT2D eigenvalue weighted by molar-refractivity contribution is -0.143. The molecule has 0 spiro atoms. The van der Waals surface area contributed by atoms with E-state index in [0.717, 1.165) is 19.3 Å². The first kappa shape index (κ1) is 28.5. The zero-order chi connectivity index (χ0) is 22.1. The van der Waals surface area contributed by atoms with E-state index in [2.05, 4.69) is 10.6 Å². The maximum Gasteiger partial charge on any atom is 0.320 e. The lowest BCUT2D eigenvalue weighted by atomic mass is 10.1. The van der Waals surface area contributed by atoms with Crippen molar-refractivity contribution in [2.24, 2.45) is 5.73 Å². The van der Waals surface area contributed by atoms with E-state index in [-0.39, 0.29) is 12.6 Å². The molecule has 0 aliphatic heterocycles. The van der Waals surface area contributed by atoms with E-state index < -0.39 is 23.9 Å². The highest BCUT2D eigenvalue weighted by Crippen LogP contribution is 2.23. The van der Waals surface area contributed by atoms with Crippen LogP contribution in [0.2, 0.25) is 0 Å². The molecule has 0 bridgehead atoms. The largest absolute Gasteiger partial charge is 0.480 e. The van der Waals surface area contributed by atoms with Gasteiger partial charge < -0.3 is 31.7 Å². The molecular weight excluding hydrogens is 368 g/mol. The number of hydrogen-bond donors (Lipinski definition) is 6. The third-order valence-electron chi connectivity index (χ3n) is 4.54. The molecule has 1 aliphatic rings. The molecular formula is C18H38N4O6. The summed E-state index contributed by atoms with van der Waals surface area (Å²) in [6.07, 6.45) is 6.17. The first-order chi connectivity index (χ1) is 13.1. The minimum Gasteiger partial charge on any atom is -0.480 e. The second-order valence-corrected chi connectivity index (χ2v) is 6.65. The highest BCUT2D eigenvalue weighted by atomic mass is 16.4. The first-order valence-electron chi connectivity index (χ1n) is 9.53. The molecule has 0 heterocycles. The van der Waals surface area contributed by atoms with Crippen molar-refractivity contribution in [3.8, 4) is 0 Å². The number of carbonyl (C=O) groups is 3. The van der Waals surface area contributed by atoms with Crippen LogP contribution >= 0.6 is 0 Å². The number of nitrogens with two attached hydrogens (primary N) is 1. The van der Waals surface area contributed by atoms with Crippen LogP contribution in [0.1, 0.15) is 45.4 Å². The second-order valence-electron chi connectivity index (χ2n) is 6.65. The zero-order valence-electron chi connectivity index (χ0n) is 17.5. The lowest BCUT2D eigenvalue weighted by Gasteiger charge is -2.27. The molecule has 1 fully saturated rings. The van der Waals surface area contributed by atoms with Gasteiger partial charge in [-0.25, -0.2) is 0 Å². The molecule has 1 aliphatic carbocycles. The van der Waals surface area contributed by atoms with Gasteiger partial charge in [0.05, 0.1) is 6.54 Å². The topological polar surface area (TPSA) is 165 Å². The van der Waals surface area contributed by atoms with Gasteiger partial charge in [-0.15, -0.1) is 0 Å². The van der Waals surface area contributed by atoms with Crippen LogP contribution in [0.5, 0.6) is 0 Å². The first-order valence-corrected chi connectivity index (χ1v) is 9.53. The third kappa shape index (κ3) is 14.3. The van der Waals surface area contributed by atoms with Crippen molar-refractivity contribution in [2.75, 3.05) is 34.2 Å². The van der Waals surface area contributed by atoms with Gasteiger partial charge in [-0.3, -0.25) is 19.3 Å². The Kier molecular flexibility index (Phi) is 17.6. The molecule has 0 aromatic carbocycles. The molecule has 28 heavy (non-hydrogen) atoms. The van der Waals surface area contributed by atoms with Crippen LogP contribution in [0.3, 0.4) is 0 Å². The molecule has 0 unspecified atom stereocenters. The van der Waals surface area contributed by atoms with Crippen molar-refractivity contribution >= 4 is 17.9 Å². The van der Waals surface area contributed by atoms with Crippen molar-refractivity contribution in [1.29, 1.82) is 0 Å². The SMILES string of the molecule is CNCC(=O)O.CN[C@@H](CCCN)C(=O)O.C[C@@H](C(=O)O)N(C)C1CCCC1. The van der Waals surface area contributed by atoms with Gasteiger partial charge in [-0.05, 0) is 60.3 Å². The van der Waals surface area contributed by atoms with Crippen LogP contribution in [0.25, 0.3) is 0 Å². The van der Waals surface area contributed by atoms with Gasteiger partial charge in [0.1, 0.15) is 12.1 Å². The number of nitrogens with zero attached hydrogens (tertiary/aromatic N) is 1. The Morgan fingerprint density at radius 1 is 1.11 bits per heavy atom. The fourth-order valence-corrected chi connectivity index (χ4v) is 2.67. The summed E-state index contributed by atoms with van der Waals surface area (Å²) in [4.78, 5) is 32.5. The molecule has 10 nitrogen and oxygen atoms in total. The number of carboxylic acid groups (broad SMARTS) is 3. The molecule has 0 radical (unpaired) electrons. The molecule has 0 aromatic heterocycles. The summed E-state index contributed by atoms with van der Waals surface area (Å²) in [6, 6.07) is -0.284. The maximum absolute atomic E-state index is 10.7. The summed E-state index contributed by atoms with van der Waals surface area (Å²) < 4.78 is 0. The van der Waals surface area contributed by atoms with Crippen LogP contribution in [0, 0.1) is 0 Å². The number of likely N-dealkylation sites (N-methyl/N-ethyl adjacent to an activating group) is 3. The van der Waals surface area contributed by atoms with E-state index in [4.69, 9.17) is 21.1 Å². The smallest absolute Gasteiger partial charge is 0.320 e. The van der Waals surface area contributed by atoms with E-state index in [1.54, 1.807) is 21.0 Å². The van der Waals surface area contributed by atoms with Crippen molar-refractivity contribution in [3.05, 3.63) is 0 Å². The summed E-state index contributed by atoms with van der Waals surface area (Å²) in [7, 11) is 5.14. The standard InChI is InChI=1S/C9H17NO2.C6H14N2O2.C3H7NO2/c1-7(9(11)12)10(2)8-5-3-4-6-8;1-8-5(6(9)10)3-2-4-7;1-4-2-3(5)6/h7-8H,3-6H2,1-2H3,(H,11,12);5,8H,2-4,7H2,1H3,(H,9,10);4H,2H2,1H3,(H,5,6)/t7-;5-;/m00./s1. The van der Waals surface area contributed by atoms with Gasteiger partial charge in [-0.2, -0.15) is 0 Å². The fraction of sp³-hybridized carbons (Fsp3) is 0.833. The van der Waals surface area contributed by atoms with E-state index >= 15 is 0 Å². The second kappa shape index (κ2) is 17.4. The van der Waals surface area contributed by atoms with Gasteiger partial charge in [0.15, 0.2) is 0 Å². The number of carboxylic acids is 3. The van der Waals surface area contributed by atoms with Crippen LogP contribution in [-0.2, 0) is 14.4 Å². The highest BCUT2D eigenvalue weighted by Gasteiger charge is 2.26. The van der Waals surface area contributed by atoms with Crippen LogP contribution in [-0.4, -0.2) is 90.5 Å². The van der Waals surface area contributed by atoms with E-state index in [1.165, 1.54) is 12.8 Å². The van der Waals surface area contributed by atoms with Crippen molar-refractivity contribution in [1.82, 2.24) is 15.5 Å². The van der Waals surface area contributed by atoms with E-state index in [1.807, 2.05) is 11.9 Å². The van der Waals surface area contributed by atoms with Crippen molar-refractivity contribution in [3.63, 3.8) is 0 Å². The molecule has 1 saturated carbocycles. The van der Waals surface area contributed by atoms with Crippen LogP contribution in [0.4, 0.5) is 0 Å². The predicted molar refractivity (Wildman–Crippen MR) is 107 cm³/mol. The van der Waals surface area contributed by atoms with Crippen LogP contribution < -0.4 is 16.4 Å². The van der Waals surface area contributed by atoms with Crippen LogP contribution in [0.15, 0.2) is 0 Å². The van der Waals surface area contributed by atoms with Gasteiger partial charge in [0.2, 0.25) is 0 Å². The molecule has 0 saturated heterocycles. The Hall–Kier alpha value is -1.75. The Morgan fingerprint density at radius 2 is 1.64 bits per heavy atom. The average molecular weight is 407 g/mol. The quantitative estimate of drug-likeness (QED) is 0.291. The summed E-state index contributed by atoms with van der Waals surface area (Å²) >= 11 is 0. The Morgan fingerprint density at radius 3 is 1.93 bits per heavy atom. The Balaban J connectivity index is 0. The molecule has 166 valence electrons. The molecule has 7 N–H and O–H groups in total. The summed E-state index contributed by atoms with van der Waals surface area (Å²) in [5.74, 6) is -2.35. The van der Waals surface area contributed by atoms with E-state index in [0.29, 0.717) is 19.0 Å². The molecule has 1 rings (SSSR count). The predicted octanol–water partition coefficient (Wildman–Crippen LogP) is 0.0222. The van der Waals surface area contributed by atoms with Crippen molar-refractivity contribution in [2.45, 2.75) is 63.6 Å².